The zero-order chi connectivity index (χ0) is 19.4. The molecule has 0 aliphatic carbocycles. The molecule has 1 atom stereocenters. The third-order valence-electron chi connectivity index (χ3n) is 3.82. The van der Waals surface area contributed by atoms with Crippen molar-refractivity contribution in [1.29, 1.82) is 0 Å². The Morgan fingerprint density at radius 2 is 1.48 bits per heavy atom. The lowest BCUT2D eigenvalue weighted by atomic mass is 9.87. The van der Waals surface area contributed by atoms with Gasteiger partial charge in [-0.1, -0.05) is 0 Å². The molecule has 1 amide bonds. The average molecular weight is 357 g/mol. The molecule has 1 aliphatic rings. The summed E-state index contributed by atoms with van der Waals surface area (Å²) in [6.07, 6.45) is 1.16. The first-order valence-corrected chi connectivity index (χ1v) is 8.72. The van der Waals surface area contributed by atoms with Crippen LogP contribution in [0.2, 0.25) is 0 Å². The van der Waals surface area contributed by atoms with Gasteiger partial charge in [0, 0.05) is 13.1 Å². The first-order valence-electron chi connectivity index (χ1n) is 8.72. The minimum Gasteiger partial charge on any atom is -0.481 e. The first kappa shape index (κ1) is 21.3. The van der Waals surface area contributed by atoms with Gasteiger partial charge in [-0.25, -0.2) is 4.79 Å². The summed E-state index contributed by atoms with van der Waals surface area (Å²) in [7, 11) is 0. The number of carboxylic acids is 1. The number of nitrogens with zero attached hydrogens (tertiary/aromatic N) is 1. The van der Waals surface area contributed by atoms with Crippen molar-refractivity contribution in [3.8, 4) is 0 Å². The Balaban J connectivity index is 2.57. The van der Waals surface area contributed by atoms with Crippen LogP contribution in [-0.4, -0.2) is 52.3 Å². The van der Waals surface area contributed by atoms with Crippen LogP contribution in [0, 0.1) is 11.8 Å². The SMILES string of the molecule is CC(C)(C)OC(=O)[C@@H](CC1CCN(C(=O)OC(C)(C)C)CC1)C(=O)O. The fourth-order valence-electron chi connectivity index (χ4n) is 2.68. The summed E-state index contributed by atoms with van der Waals surface area (Å²) in [6, 6.07) is 0. The highest BCUT2D eigenvalue weighted by atomic mass is 16.6. The van der Waals surface area contributed by atoms with E-state index in [-0.39, 0.29) is 18.4 Å². The first-order chi connectivity index (χ1) is 11.3. The third-order valence-corrected chi connectivity index (χ3v) is 3.82. The lowest BCUT2D eigenvalue weighted by Gasteiger charge is -2.34. The fourth-order valence-corrected chi connectivity index (χ4v) is 2.68. The Labute approximate surface area is 149 Å². The molecule has 0 unspecified atom stereocenters. The van der Waals surface area contributed by atoms with Crippen molar-refractivity contribution in [2.24, 2.45) is 11.8 Å². The van der Waals surface area contributed by atoms with Crippen LogP contribution in [0.5, 0.6) is 0 Å². The van der Waals surface area contributed by atoms with E-state index in [0.29, 0.717) is 25.9 Å². The van der Waals surface area contributed by atoms with Gasteiger partial charge in [0.15, 0.2) is 5.92 Å². The van der Waals surface area contributed by atoms with Gasteiger partial charge in [0.05, 0.1) is 0 Å². The number of rotatable bonds is 4. The largest absolute Gasteiger partial charge is 0.481 e. The standard InChI is InChI=1S/C18H31NO6/c1-17(2,3)24-15(22)13(14(20)21)11-12-7-9-19(10-8-12)16(23)25-18(4,5)6/h12-13H,7-11H2,1-6H3,(H,20,21)/t13-/m0/s1. The molecule has 1 heterocycles. The molecule has 1 saturated heterocycles. The maximum Gasteiger partial charge on any atom is 0.410 e. The average Bonchev–Trinajstić information content (AvgIpc) is 2.41. The molecule has 1 aliphatic heterocycles. The maximum atomic E-state index is 12.1. The minimum absolute atomic E-state index is 0.0623. The fraction of sp³-hybridized carbons (Fsp3) is 0.833. The van der Waals surface area contributed by atoms with E-state index in [1.165, 1.54) is 0 Å². The van der Waals surface area contributed by atoms with Gasteiger partial charge >= 0.3 is 18.0 Å². The lowest BCUT2D eigenvalue weighted by Crippen LogP contribution is -2.42. The number of aliphatic carboxylic acids is 1. The number of carboxylic acid groups (broad SMARTS) is 1. The normalized spacial score (nSPS) is 17.8. The Kier molecular flexibility index (Phi) is 6.85. The van der Waals surface area contributed by atoms with E-state index in [1.54, 1.807) is 25.7 Å². The van der Waals surface area contributed by atoms with Gasteiger partial charge in [0.25, 0.3) is 0 Å². The Hall–Kier alpha value is -1.79. The zero-order valence-corrected chi connectivity index (χ0v) is 16.1. The van der Waals surface area contributed by atoms with Gasteiger partial charge in [-0.05, 0) is 66.7 Å². The summed E-state index contributed by atoms with van der Waals surface area (Å²) in [4.78, 5) is 37.2. The second kappa shape index (κ2) is 8.06. The van der Waals surface area contributed by atoms with E-state index in [4.69, 9.17) is 9.47 Å². The van der Waals surface area contributed by atoms with Crippen LogP contribution >= 0.6 is 0 Å². The molecular weight excluding hydrogens is 326 g/mol. The highest BCUT2D eigenvalue weighted by Gasteiger charge is 2.35. The van der Waals surface area contributed by atoms with Crippen molar-refractivity contribution in [2.75, 3.05) is 13.1 Å². The number of esters is 1. The molecule has 1 fully saturated rings. The Morgan fingerprint density at radius 1 is 1.00 bits per heavy atom. The molecule has 0 aromatic heterocycles. The molecule has 25 heavy (non-hydrogen) atoms. The molecule has 1 rings (SSSR count). The number of likely N-dealkylation sites (tertiary alicyclic amines) is 1. The molecule has 0 aromatic rings. The monoisotopic (exact) mass is 357 g/mol. The van der Waals surface area contributed by atoms with Gasteiger partial charge < -0.3 is 19.5 Å². The van der Waals surface area contributed by atoms with Crippen LogP contribution in [0.4, 0.5) is 4.79 Å². The number of piperidine rings is 1. The van der Waals surface area contributed by atoms with Gasteiger partial charge in [-0.15, -0.1) is 0 Å². The summed E-state index contributed by atoms with van der Waals surface area (Å²) in [5.41, 5.74) is -1.26. The van der Waals surface area contributed by atoms with E-state index in [9.17, 15) is 19.5 Å². The van der Waals surface area contributed by atoms with E-state index >= 15 is 0 Å². The topological polar surface area (TPSA) is 93.1 Å². The lowest BCUT2D eigenvalue weighted by molar-refractivity contribution is -0.167. The van der Waals surface area contributed by atoms with Crippen LogP contribution in [0.15, 0.2) is 0 Å². The van der Waals surface area contributed by atoms with Crippen molar-refractivity contribution in [2.45, 2.75) is 72.0 Å². The molecule has 7 nitrogen and oxygen atoms in total. The number of ether oxygens (including phenoxy) is 2. The Morgan fingerprint density at radius 3 is 1.88 bits per heavy atom. The number of amides is 1. The molecule has 0 bridgehead atoms. The molecule has 7 heteroatoms. The number of hydrogen-bond acceptors (Lipinski definition) is 5. The minimum atomic E-state index is -1.17. The summed E-state index contributed by atoms with van der Waals surface area (Å²) >= 11 is 0. The molecule has 0 radical (unpaired) electrons. The quantitative estimate of drug-likeness (QED) is 0.614. The van der Waals surface area contributed by atoms with E-state index in [2.05, 4.69) is 0 Å². The summed E-state index contributed by atoms with van der Waals surface area (Å²) in [5.74, 6) is -2.97. The summed E-state index contributed by atoms with van der Waals surface area (Å²) < 4.78 is 10.6. The molecule has 1 N–H and O–H groups in total. The third kappa shape index (κ3) is 7.75. The predicted molar refractivity (Wildman–Crippen MR) is 92.1 cm³/mol. The molecule has 144 valence electrons. The zero-order valence-electron chi connectivity index (χ0n) is 16.1. The van der Waals surface area contributed by atoms with Crippen LogP contribution in [0.3, 0.4) is 0 Å². The molecule has 0 spiro atoms. The van der Waals surface area contributed by atoms with Crippen molar-refractivity contribution < 1.29 is 29.0 Å². The highest BCUT2D eigenvalue weighted by molar-refractivity contribution is 5.94. The van der Waals surface area contributed by atoms with Crippen molar-refractivity contribution in [3.63, 3.8) is 0 Å². The molecule has 0 aromatic carbocycles. The predicted octanol–water partition coefficient (Wildman–Crippen LogP) is 3.07. The second-order valence-electron chi connectivity index (χ2n) is 8.57. The maximum absolute atomic E-state index is 12.1. The second-order valence-corrected chi connectivity index (χ2v) is 8.57. The highest BCUT2D eigenvalue weighted by Crippen LogP contribution is 2.27. The van der Waals surface area contributed by atoms with Crippen molar-refractivity contribution >= 4 is 18.0 Å². The van der Waals surface area contributed by atoms with Gasteiger partial charge in [-0.3, -0.25) is 9.59 Å². The Bertz CT molecular complexity index is 495. The van der Waals surface area contributed by atoms with Crippen molar-refractivity contribution in [3.05, 3.63) is 0 Å². The van der Waals surface area contributed by atoms with E-state index in [0.717, 1.165) is 0 Å². The number of carbonyl (C=O) groups is 3. The van der Waals surface area contributed by atoms with Crippen molar-refractivity contribution in [1.82, 2.24) is 4.90 Å². The van der Waals surface area contributed by atoms with Gasteiger partial charge in [-0.2, -0.15) is 0 Å². The van der Waals surface area contributed by atoms with E-state index < -0.39 is 29.1 Å². The summed E-state index contributed by atoms with van der Waals surface area (Å²) in [6.45, 7) is 11.6. The smallest absolute Gasteiger partial charge is 0.410 e. The summed E-state index contributed by atoms with van der Waals surface area (Å²) in [5, 5.41) is 9.35. The van der Waals surface area contributed by atoms with Gasteiger partial charge in [0.1, 0.15) is 11.2 Å². The number of hydrogen-bond donors (Lipinski definition) is 1. The van der Waals surface area contributed by atoms with Gasteiger partial charge in [0.2, 0.25) is 0 Å². The van der Waals surface area contributed by atoms with Crippen LogP contribution in [-0.2, 0) is 19.1 Å². The molecule has 0 saturated carbocycles. The van der Waals surface area contributed by atoms with Crippen LogP contribution in [0.25, 0.3) is 0 Å². The van der Waals surface area contributed by atoms with E-state index in [1.807, 2.05) is 20.8 Å². The number of carbonyl (C=O) groups excluding carboxylic acids is 2. The van der Waals surface area contributed by atoms with Crippen LogP contribution in [0.1, 0.15) is 60.8 Å². The molecular formula is C18H31NO6. The van der Waals surface area contributed by atoms with Crippen LogP contribution < -0.4 is 0 Å².